The van der Waals surface area contributed by atoms with Crippen molar-refractivity contribution in [3.8, 4) is 51.4 Å². The molecular weight excluding hydrogens is 1320 g/mol. The summed E-state index contributed by atoms with van der Waals surface area (Å²) in [4.78, 5) is 55.0. The van der Waals surface area contributed by atoms with Gasteiger partial charge in [-0.1, -0.05) is 224 Å². The van der Waals surface area contributed by atoms with Crippen LogP contribution in [-0.2, 0) is 52.1 Å². The van der Waals surface area contributed by atoms with Gasteiger partial charge in [-0.15, -0.1) is 0 Å². The lowest BCUT2D eigenvalue weighted by Gasteiger charge is -2.19. The molecule has 0 amide bonds. The largest absolute Gasteiger partial charge is 0.507 e. The van der Waals surface area contributed by atoms with Crippen molar-refractivity contribution < 1.29 is 19.7 Å². The molecule has 0 saturated carbocycles. The number of phenolic OH excluding ortho intramolecular Hbond substituents is 1. The summed E-state index contributed by atoms with van der Waals surface area (Å²) in [5, 5.41) is 24.5. The Labute approximate surface area is 597 Å². The highest BCUT2D eigenvalue weighted by atomic mass is 79.9. The first kappa shape index (κ1) is 72.0. The number of aliphatic hydroxyl groups excluding tert-OH is 1. The molecule has 0 aliphatic rings. The van der Waals surface area contributed by atoms with Crippen molar-refractivity contribution in [3.63, 3.8) is 0 Å². The van der Waals surface area contributed by atoms with Gasteiger partial charge in [-0.05, 0) is 151 Å². The number of aromatic hydroxyl groups is 1. The van der Waals surface area contributed by atoms with Crippen LogP contribution >= 0.6 is 15.9 Å². The van der Waals surface area contributed by atoms with E-state index in [2.05, 4.69) is 50.8 Å². The summed E-state index contributed by atoms with van der Waals surface area (Å²) in [7, 11) is 0. The molecule has 3 aromatic heterocycles. The van der Waals surface area contributed by atoms with Gasteiger partial charge in [0.05, 0.1) is 33.8 Å². The van der Waals surface area contributed by atoms with Crippen LogP contribution in [0.1, 0.15) is 51.8 Å². The number of benzene rings is 10. The zero-order chi connectivity index (χ0) is 70.7. The average Bonchev–Trinajstić information content (AvgIpc) is 0.800. The Morgan fingerprint density at radius 3 is 1.00 bits per heavy atom. The van der Waals surface area contributed by atoms with Gasteiger partial charge < -0.3 is 30.3 Å². The van der Waals surface area contributed by atoms with Gasteiger partial charge in [0, 0.05) is 37.6 Å². The molecule has 101 heavy (non-hydrogen) atoms. The molecule has 3 heterocycles. The van der Waals surface area contributed by atoms with E-state index in [1.807, 2.05) is 257 Å². The summed E-state index contributed by atoms with van der Waals surface area (Å²) in [6.07, 6.45) is 2.12. The third-order valence-corrected chi connectivity index (χ3v) is 17.3. The van der Waals surface area contributed by atoms with E-state index in [9.17, 15) is 19.5 Å². The fraction of sp³-hybridized carbons (Fsp3) is 0.153. The first-order valence-corrected chi connectivity index (χ1v) is 34.3. The van der Waals surface area contributed by atoms with Gasteiger partial charge >= 0.3 is 0 Å². The fourth-order valence-corrected chi connectivity index (χ4v) is 11.5. The number of anilines is 4. The summed E-state index contributed by atoms with van der Waals surface area (Å²) in [5.41, 5.74) is 11.9. The number of aliphatic hydroxyl groups is 1. The standard InChI is InChI=1S/C32H29N3O2.C26H23BrN2O2.C25H23N3O2.C2H6O/c1-24-30(34-27-17-9-4-10-18-27)32(36)35(22-21-25-13-5-2-6-14-25)31(33-24)28-19-11-12-20-29(28)37-23-26-15-7-3-8-16-26;1-19-24(27)26(30)29(17-16-20-10-4-2-5-11-20)25(28-19)22-14-8-9-15-23(22)31-18-21-12-6-3-7-13-21;1-18-23(27-20-12-6-3-7-13-20)25(30)28(17-16-19-10-4-2-5-11-19)24(26-18)21-14-8-9-15-22(21)29;1-2-3/h2-20,34H,21-23H2,1H3;2-15H,16-18H2,1H3;2-15,27,29H,16-17H2,1H3;3H,2H2,1H3. The fourth-order valence-electron chi connectivity index (χ4n) is 11.2. The normalized spacial score (nSPS) is 10.6. The molecule has 13 aromatic rings. The zero-order valence-electron chi connectivity index (χ0n) is 57.0. The Morgan fingerprint density at radius 2 is 0.644 bits per heavy atom. The highest BCUT2D eigenvalue weighted by Gasteiger charge is 2.22. The Morgan fingerprint density at radius 1 is 0.366 bits per heavy atom. The second-order valence-corrected chi connectivity index (χ2v) is 24.4. The molecule has 0 bridgehead atoms. The number of nitrogens with one attached hydrogen (secondary N) is 2. The van der Waals surface area contributed by atoms with E-state index < -0.39 is 0 Å². The number of halogens is 1. The van der Waals surface area contributed by atoms with Crippen molar-refractivity contribution in [1.82, 2.24) is 28.7 Å². The molecule has 0 unspecified atom stereocenters. The van der Waals surface area contributed by atoms with E-state index in [0.29, 0.717) is 113 Å². The average molecular weight is 1410 g/mol. The lowest BCUT2D eigenvalue weighted by atomic mass is 10.1. The lowest BCUT2D eigenvalue weighted by molar-refractivity contribution is 0.307. The predicted molar refractivity (Wildman–Crippen MR) is 410 cm³/mol. The molecule has 15 nitrogen and oxygen atoms in total. The minimum Gasteiger partial charge on any atom is -0.507 e. The van der Waals surface area contributed by atoms with Gasteiger partial charge in [-0.2, -0.15) is 0 Å². The Kier molecular flexibility index (Phi) is 26.2. The molecule has 0 aliphatic carbocycles. The van der Waals surface area contributed by atoms with Crippen LogP contribution in [-0.4, -0.2) is 45.5 Å². The lowest BCUT2D eigenvalue weighted by Crippen LogP contribution is -2.27. The summed E-state index contributed by atoms with van der Waals surface area (Å²) in [6, 6.07) is 92.2. The molecular formula is C85H81BrN8O7. The van der Waals surface area contributed by atoms with Gasteiger partial charge in [0.2, 0.25) is 0 Å². The summed E-state index contributed by atoms with van der Waals surface area (Å²) in [6.45, 7) is 9.77. The summed E-state index contributed by atoms with van der Waals surface area (Å²) < 4.78 is 18.0. The van der Waals surface area contributed by atoms with Gasteiger partial charge in [-0.25, -0.2) is 15.0 Å². The van der Waals surface area contributed by atoms with Crippen molar-refractivity contribution >= 4 is 38.7 Å². The Balaban J connectivity index is 0.000000161. The number of para-hydroxylation sites is 5. The number of aromatic nitrogens is 6. The highest BCUT2D eigenvalue weighted by molar-refractivity contribution is 9.10. The van der Waals surface area contributed by atoms with Gasteiger partial charge in [0.25, 0.3) is 16.7 Å². The first-order chi connectivity index (χ1) is 49.4. The highest BCUT2D eigenvalue weighted by Crippen LogP contribution is 2.33. The number of rotatable bonds is 22. The molecule has 10 aromatic carbocycles. The smallest absolute Gasteiger partial charge is 0.277 e. The van der Waals surface area contributed by atoms with Crippen molar-refractivity contribution in [2.24, 2.45) is 0 Å². The minimum absolute atomic E-state index is 0.0868. The summed E-state index contributed by atoms with van der Waals surface area (Å²) in [5.74, 6) is 3.17. The second-order valence-electron chi connectivity index (χ2n) is 23.6. The summed E-state index contributed by atoms with van der Waals surface area (Å²) >= 11 is 3.42. The van der Waals surface area contributed by atoms with Crippen molar-refractivity contribution in [2.75, 3.05) is 17.2 Å². The molecule has 0 atom stereocenters. The van der Waals surface area contributed by atoms with Crippen LogP contribution in [0.15, 0.2) is 304 Å². The maximum Gasteiger partial charge on any atom is 0.277 e. The Hall–Kier alpha value is -11.7. The molecule has 0 radical (unpaired) electrons. The number of ether oxygens (including phenoxy) is 2. The third-order valence-electron chi connectivity index (χ3n) is 16.3. The molecule has 0 aliphatic heterocycles. The molecule has 16 heteroatoms. The predicted octanol–water partition coefficient (Wildman–Crippen LogP) is 17.5. The van der Waals surface area contributed by atoms with Crippen molar-refractivity contribution in [1.29, 1.82) is 0 Å². The van der Waals surface area contributed by atoms with Crippen molar-refractivity contribution in [3.05, 3.63) is 366 Å². The molecule has 13 rings (SSSR count). The number of hydrogen-bond acceptors (Lipinski definition) is 12. The van der Waals surface area contributed by atoms with Crippen LogP contribution in [0, 0.1) is 20.8 Å². The maximum absolute atomic E-state index is 13.9. The molecule has 0 saturated heterocycles. The van der Waals surface area contributed by atoms with Gasteiger partial charge in [0.15, 0.2) is 0 Å². The van der Waals surface area contributed by atoms with Crippen LogP contribution in [0.5, 0.6) is 17.2 Å². The van der Waals surface area contributed by atoms with Crippen LogP contribution < -0.4 is 36.8 Å². The molecule has 0 fully saturated rings. The van der Waals surface area contributed by atoms with Gasteiger partial charge in [0.1, 0.15) is 63.8 Å². The van der Waals surface area contributed by atoms with E-state index in [4.69, 9.17) is 29.5 Å². The number of hydrogen-bond donors (Lipinski definition) is 4. The van der Waals surface area contributed by atoms with Crippen molar-refractivity contribution in [2.45, 2.75) is 79.8 Å². The molecule has 0 spiro atoms. The van der Waals surface area contributed by atoms with E-state index in [-0.39, 0.29) is 29.0 Å². The van der Waals surface area contributed by atoms with Crippen LogP contribution in [0.2, 0.25) is 0 Å². The van der Waals surface area contributed by atoms with E-state index >= 15 is 0 Å². The van der Waals surface area contributed by atoms with Gasteiger partial charge in [-0.3, -0.25) is 28.1 Å². The van der Waals surface area contributed by atoms with Crippen LogP contribution in [0.3, 0.4) is 0 Å². The molecule has 510 valence electrons. The van der Waals surface area contributed by atoms with Crippen LogP contribution in [0.4, 0.5) is 22.7 Å². The number of nitrogens with zero attached hydrogens (tertiary/aromatic N) is 6. The Bertz CT molecular complexity index is 4950. The van der Waals surface area contributed by atoms with E-state index in [0.717, 1.165) is 51.2 Å². The van der Waals surface area contributed by atoms with E-state index in [1.54, 1.807) is 45.7 Å². The third kappa shape index (κ3) is 19.8. The maximum atomic E-state index is 13.9. The minimum atomic E-state index is -0.166. The molecule has 4 N–H and O–H groups in total. The topological polar surface area (TPSA) is 188 Å². The van der Waals surface area contributed by atoms with Crippen LogP contribution in [0.25, 0.3) is 34.2 Å². The first-order valence-electron chi connectivity index (χ1n) is 33.5. The second kappa shape index (κ2) is 36.7. The zero-order valence-corrected chi connectivity index (χ0v) is 58.6. The number of phenols is 1. The SMILES string of the molecule is CCO.Cc1nc(-c2ccccc2O)n(CCc2ccccc2)c(=O)c1Nc1ccccc1.Cc1nc(-c2ccccc2OCc2ccccc2)n(CCc2ccccc2)c(=O)c1Br.Cc1nc(-c2ccccc2OCc2ccccc2)n(CCc2ccccc2)c(=O)c1Nc1ccccc1. The van der Waals surface area contributed by atoms with E-state index in [1.165, 1.54) is 5.56 Å². The number of aryl methyl sites for hydroxylation is 6. The monoisotopic (exact) mass is 1400 g/mol. The quantitative estimate of drug-likeness (QED) is 0.0504.